The zero-order valence-electron chi connectivity index (χ0n) is 27.7. The predicted molar refractivity (Wildman–Crippen MR) is 192 cm³/mol. The lowest BCUT2D eigenvalue weighted by molar-refractivity contribution is -0.137. The van der Waals surface area contributed by atoms with Gasteiger partial charge in [-0.1, -0.05) is 66.7 Å². The van der Waals surface area contributed by atoms with Crippen molar-refractivity contribution in [2.45, 2.75) is 45.3 Å². The van der Waals surface area contributed by atoms with Crippen molar-refractivity contribution in [3.05, 3.63) is 121 Å². The molecule has 5 aromatic rings. The number of nitrogens with zero attached hydrogens (tertiary/aromatic N) is 4. The van der Waals surface area contributed by atoms with Gasteiger partial charge in [-0.3, -0.25) is 33.8 Å². The second-order valence-corrected chi connectivity index (χ2v) is 12.3. The average Bonchev–Trinajstić information content (AvgIpc) is 3.45. The van der Waals surface area contributed by atoms with Crippen LogP contribution in [0.5, 0.6) is 0 Å². The van der Waals surface area contributed by atoms with Crippen molar-refractivity contribution < 1.29 is 29.1 Å². The van der Waals surface area contributed by atoms with Gasteiger partial charge in [0.25, 0.3) is 17.7 Å². The molecule has 50 heavy (non-hydrogen) atoms. The number of para-hydroxylation sites is 5. The number of hydrogen-bond donors (Lipinski definition) is 2. The molecule has 4 amide bonds. The number of carboxylic acids is 1. The Bertz CT molecular complexity index is 2060. The van der Waals surface area contributed by atoms with Gasteiger partial charge >= 0.3 is 5.97 Å². The molecule has 6 rings (SSSR count). The van der Waals surface area contributed by atoms with Gasteiger partial charge in [-0.2, -0.15) is 0 Å². The molecule has 0 radical (unpaired) electrons. The van der Waals surface area contributed by atoms with E-state index in [0.29, 0.717) is 28.3 Å². The molecule has 11 nitrogen and oxygen atoms in total. The monoisotopic (exact) mass is 671 g/mol. The molecule has 1 aliphatic rings. The first-order valence-corrected chi connectivity index (χ1v) is 16.4. The number of aromatic nitrogens is 1. The largest absolute Gasteiger partial charge is 0.481 e. The van der Waals surface area contributed by atoms with Gasteiger partial charge < -0.3 is 19.9 Å². The molecule has 1 unspecified atom stereocenters. The summed E-state index contributed by atoms with van der Waals surface area (Å²) >= 11 is 0. The molecule has 2 N–H and O–H groups in total. The number of hydrogen-bond acceptors (Lipinski definition) is 5. The Hall–Kier alpha value is -6.23. The first-order chi connectivity index (χ1) is 24.2. The lowest BCUT2D eigenvalue weighted by atomic mass is 10.1. The molecule has 0 aliphatic carbocycles. The molecule has 2 heterocycles. The Morgan fingerprint density at radius 2 is 1.42 bits per heavy atom. The van der Waals surface area contributed by atoms with Gasteiger partial charge in [-0.25, -0.2) is 0 Å². The van der Waals surface area contributed by atoms with Gasteiger partial charge in [0.2, 0.25) is 5.91 Å². The number of carbonyl (C=O) groups is 5. The van der Waals surface area contributed by atoms with Crippen molar-refractivity contribution in [3.63, 3.8) is 0 Å². The normalized spacial score (nSPS) is 14.4. The minimum Gasteiger partial charge on any atom is -0.481 e. The quantitative estimate of drug-likeness (QED) is 0.172. The van der Waals surface area contributed by atoms with Gasteiger partial charge in [0.1, 0.15) is 12.2 Å². The number of carboxylic acid groups (broad SMARTS) is 1. The molecule has 0 fully saturated rings. The summed E-state index contributed by atoms with van der Waals surface area (Å²) in [6.45, 7) is 3.58. The molecule has 254 valence electrons. The highest BCUT2D eigenvalue weighted by Crippen LogP contribution is 2.38. The van der Waals surface area contributed by atoms with Crippen LogP contribution in [-0.4, -0.2) is 57.9 Å². The maximum absolute atomic E-state index is 14.7. The van der Waals surface area contributed by atoms with Crippen molar-refractivity contribution in [1.82, 2.24) is 9.88 Å². The van der Waals surface area contributed by atoms with E-state index in [9.17, 15) is 29.1 Å². The molecule has 0 saturated heterocycles. The van der Waals surface area contributed by atoms with Gasteiger partial charge in [0.15, 0.2) is 6.04 Å². The Morgan fingerprint density at radius 3 is 2.10 bits per heavy atom. The minimum atomic E-state index is -1.71. The molecular formula is C39H37N5O6. The lowest BCUT2D eigenvalue weighted by Crippen LogP contribution is -2.56. The highest BCUT2D eigenvalue weighted by Gasteiger charge is 2.43. The van der Waals surface area contributed by atoms with Crippen LogP contribution in [0.2, 0.25) is 0 Å². The van der Waals surface area contributed by atoms with Crippen LogP contribution >= 0.6 is 0 Å². The zero-order chi connectivity index (χ0) is 35.4. The van der Waals surface area contributed by atoms with Crippen molar-refractivity contribution in [3.8, 4) is 0 Å². The van der Waals surface area contributed by atoms with E-state index < -0.39 is 36.3 Å². The Morgan fingerprint density at radius 1 is 0.800 bits per heavy atom. The number of fused-ring (bicyclic) bond motifs is 2. The van der Waals surface area contributed by atoms with E-state index in [1.165, 1.54) is 9.80 Å². The summed E-state index contributed by atoms with van der Waals surface area (Å²) in [5, 5.41) is 12.7. The molecule has 0 spiro atoms. The molecule has 0 bridgehead atoms. The fraction of sp³-hybridized carbons (Fsp3) is 0.205. The Kier molecular flexibility index (Phi) is 9.75. The molecule has 1 aromatic heterocycles. The smallest absolute Gasteiger partial charge is 0.303 e. The first-order valence-electron chi connectivity index (χ1n) is 16.4. The van der Waals surface area contributed by atoms with Gasteiger partial charge in [-0.15, -0.1) is 0 Å². The highest BCUT2D eigenvalue weighted by molar-refractivity contribution is 6.25. The Labute approximate surface area is 289 Å². The van der Waals surface area contributed by atoms with E-state index >= 15 is 0 Å². The summed E-state index contributed by atoms with van der Waals surface area (Å²) in [6, 6.07) is 31.8. The number of benzene rings is 4. The molecular weight excluding hydrogens is 634 g/mol. The third kappa shape index (κ3) is 6.70. The van der Waals surface area contributed by atoms with Crippen LogP contribution in [0.25, 0.3) is 10.9 Å². The summed E-state index contributed by atoms with van der Waals surface area (Å²) in [7, 11) is 0. The van der Waals surface area contributed by atoms with Crippen LogP contribution in [0.3, 0.4) is 0 Å². The van der Waals surface area contributed by atoms with Crippen LogP contribution in [0.15, 0.2) is 115 Å². The number of anilines is 4. The molecule has 1 aliphatic heterocycles. The van der Waals surface area contributed by atoms with Crippen LogP contribution in [-0.2, 0) is 25.7 Å². The summed E-state index contributed by atoms with van der Waals surface area (Å²) < 4.78 is 1.70. The number of carbonyl (C=O) groups excluding carboxylic acids is 4. The maximum atomic E-state index is 14.7. The standard InChI is InChI=1S/C39H37N5O6/c1-26(2)43(28-15-5-3-6-16-28)34(45)25-42-31-20-11-12-21-32(31)44(29-17-7-4-8-18-29)39(50)36(38(42)49)40-37(48)33-24-27-14-9-10-19-30(27)41(33)23-13-22-35(46)47/h3-12,14-21,24,26,36H,13,22-23,25H2,1-2H3,(H,40,48)(H,46,47). The number of nitrogens with one attached hydrogen (secondary N) is 1. The topological polar surface area (TPSA) is 132 Å². The van der Waals surface area contributed by atoms with Crippen LogP contribution in [0.4, 0.5) is 22.7 Å². The van der Waals surface area contributed by atoms with E-state index in [0.717, 1.165) is 5.39 Å². The van der Waals surface area contributed by atoms with Crippen LogP contribution < -0.4 is 20.0 Å². The zero-order valence-corrected chi connectivity index (χ0v) is 27.7. The number of aliphatic carboxylic acids is 1. The minimum absolute atomic E-state index is 0.100. The molecule has 1 atom stereocenters. The van der Waals surface area contributed by atoms with Crippen LogP contribution in [0, 0.1) is 0 Å². The van der Waals surface area contributed by atoms with Crippen molar-refractivity contribution in [2.75, 3.05) is 21.2 Å². The summed E-state index contributed by atoms with van der Waals surface area (Å²) in [5.41, 5.74) is 2.72. The Balaban J connectivity index is 1.42. The molecule has 4 aromatic carbocycles. The van der Waals surface area contributed by atoms with E-state index in [-0.39, 0.29) is 37.0 Å². The van der Waals surface area contributed by atoms with Gasteiger partial charge in [-0.05, 0) is 68.8 Å². The fourth-order valence-electron chi connectivity index (χ4n) is 6.40. The van der Waals surface area contributed by atoms with E-state index in [2.05, 4.69) is 5.32 Å². The number of rotatable bonds is 11. The van der Waals surface area contributed by atoms with Crippen molar-refractivity contribution >= 4 is 63.3 Å². The van der Waals surface area contributed by atoms with Crippen LogP contribution in [0.1, 0.15) is 37.2 Å². The van der Waals surface area contributed by atoms with Crippen molar-refractivity contribution in [1.29, 1.82) is 0 Å². The molecule has 11 heteroatoms. The maximum Gasteiger partial charge on any atom is 0.303 e. The predicted octanol–water partition coefficient (Wildman–Crippen LogP) is 5.76. The SMILES string of the molecule is CC(C)N(C(=O)CN1C(=O)C(NC(=O)c2cc3ccccc3n2CCCC(=O)O)C(=O)N(c2ccccc2)c2ccccc21)c1ccccc1. The van der Waals surface area contributed by atoms with Gasteiger partial charge in [0.05, 0.1) is 11.4 Å². The third-order valence-corrected chi connectivity index (χ3v) is 8.61. The van der Waals surface area contributed by atoms with E-state index in [1.807, 2.05) is 68.4 Å². The third-order valence-electron chi connectivity index (χ3n) is 8.61. The number of aryl methyl sites for hydroxylation is 1. The fourth-order valence-corrected chi connectivity index (χ4v) is 6.40. The summed E-state index contributed by atoms with van der Waals surface area (Å²) in [5.74, 6) is -3.50. The highest BCUT2D eigenvalue weighted by atomic mass is 16.4. The lowest BCUT2D eigenvalue weighted by Gasteiger charge is -2.31. The second-order valence-electron chi connectivity index (χ2n) is 12.3. The average molecular weight is 672 g/mol. The number of amides is 4. The van der Waals surface area contributed by atoms with Gasteiger partial charge in [0, 0.05) is 41.3 Å². The van der Waals surface area contributed by atoms with E-state index in [4.69, 9.17) is 0 Å². The van der Waals surface area contributed by atoms with E-state index in [1.54, 1.807) is 70.1 Å². The first kappa shape index (κ1) is 33.7. The summed E-state index contributed by atoms with van der Waals surface area (Å²) in [6.07, 6.45) is 0.160. The second kappa shape index (κ2) is 14.5. The molecule has 0 saturated carbocycles. The summed E-state index contributed by atoms with van der Waals surface area (Å²) in [4.78, 5) is 73.0. The van der Waals surface area contributed by atoms with Crippen molar-refractivity contribution in [2.24, 2.45) is 0 Å².